The van der Waals surface area contributed by atoms with Crippen molar-refractivity contribution in [2.75, 3.05) is 0 Å². The number of rotatable bonds is 1. The van der Waals surface area contributed by atoms with Gasteiger partial charge in [0.15, 0.2) is 5.82 Å². The van der Waals surface area contributed by atoms with Crippen molar-refractivity contribution in [3.8, 4) is 5.82 Å². The monoisotopic (exact) mass is 157 g/mol. The van der Waals surface area contributed by atoms with Gasteiger partial charge in [-0.1, -0.05) is 11.5 Å². The van der Waals surface area contributed by atoms with Gasteiger partial charge in [0.25, 0.3) is 0 Å². The van der Waals surface area contributed by atoms with E-state index in [9.17, 15) is 0 Å². The van der Waals surface area contributed by atoms with E-state index in [1.807, 2.05) is 0 Å². The standard InChI is InChI=1S/C6H4BN5/c7-5-1-2-6(8-3-5)12-4-9-10-11-12/h1-4H. The lowest BCUT2D eigenvalue weighted by Gasteiger charge is -1.96. The molecule has 56 valence electrons. The van der Waals surface area contributed by atoms with Gasteiger partial charge < -0.3 is 0 Å². The van der Waals surface area contributed by atoms with E-state index in [4.69, 9.17) is 7.85 Å². The minimum Gasteiger partial charge on any atom is -0.238 e. The quantitative estimate of drug-likeness (QED) is 0.490. The highest BCUT2D eigenvalue weighted by atomic mass is 15.5. The SMILES string of the molecule is [B]c1ccc(-n2cnnn2)nc1. The topological polar surface area (TPSA) is 56.5 Å². The molecule has 0 aromatic carbocycles. The molecule has 2 aromatic heterocycles. The summed E-state index contributed by atoms with van der Waals surface area (Å²) < 4.78 is 1.46. The Kier molecular flexibility index (Phi) is 1.58. The van der Waals surface area contributed by atoms with Crippen LogP contribution >= 0.6 is 0 Å². The Balaban J connectivity index is 2.43. The van der Waals surface area contributed by atoms with Crippen LogP contribution in [-0.4, -0.2) is 33.0 Å². The van der Waals surface area contributed by atoms with Crippen molar-refractivity contribution < 1.29 is 0 Å². The first-order valence-corrected chi connectivity index (χ1v) is 3.31. The maximum absolute atomic E-state index is 5.46. The van der Waals surface area contributed by atoms with Crippen molar-refractivity contribution >= 4 is 13.3 Å². The minimum absolute atomic E-state index is 0.617. The van der Waals surface area contributed by atoms with Crippen LogP contribution in [0.3, 0.4) is 0 Å². The molecule has 0 bridgehead atoms. The molecule has 0 aliphatic heterocycles. The molecule has 0 spiro atoms. The van der Waals surface area contributed by atoms with E-state index in [-0.39, 0.29) is 0 Å². The fraction of sp³-hybridized carbons (Fsp3) is 0. The summed E-state index contributed by atoms with van der Waals surface area (Å²) in [6, 6.07) is 3.48. The molecule has 0 amide bonds. The first kappa shape index (κ1) is 6.96. The molecule has 0 N–H and O–H groups in total. The van der Waals surface area contributed by atoms with E-state index in [2.05, 4.69) is 20.5 Å². The van der Waals surface area contributed by atoms with Gasteiger partial charge in [0.05, 0.1) is 0 Å². The van der Waals surface area contributed by atoms with Crippen LogP contribution in [-0.2, 0) is 0 Å². The molecule has 2 radical (unpaired) electrons. The molecular formula is C6H4BN5. The zero-order valence-corrected chi connectivity index (χ0v) is 6.12. The molecule has 0 unspecified atom stereocenters. The summed E-state index contributed by atoms with van der Waals surface area (Å²) in [6.45, 7) is 0. The number of pyridine rings is 1. The van der Waals surface area contributed by atoms with Gasteiger partial charge in [-0.3, -0.25) is 0 Å². The Morgan fingerprint density at radius 1 is 1.33 bits per heavy atom. The minimum atomic E-state index is 0.617. The Bertz CT molecular complexity index is 354. The van der Waals surface area contributed by atoms with Gasteiger partial charge in [-0.15, -0.1) is 5.10 Å². The van der Waals surface area contributed by atoms with E-state index >= 15 is 0 Å². The first-order chi connectivity index (χ1) is 5.86. The number of aromatic nitrogens is 5. The summed E-state index contributed by atoms with van der Waals surface area (Å²) in [7, 11) is 5.46. The number of tetrazole rings is 1. The summed E-state index contributed by atoms with van der Waals surface area (Å²) in [5, 5.41) is 10.6. The van der Waals surface area contributed by atoms with Gasteiger partial charge in [-0.2, -0.15) is 4.68 Å². The van der Waals surface area contributed by atoms with E-state index < -0.39 is 0 Å². The summed E-state index contributed by atoms with van der Waals surface area (Å²) in [6.07, 6.45) is 3.02. The van der Waals surface area contributed by atoms with Crippen LogP contribution in [0.4, 0.5) is 0 Å². The van der Waals surface area contributed by atoms with Crippen LogP contribution in [0.1, 0.15) is 0 Å². The van der Waals surface area contributed by atoms with Gasteiger partial charge in [0.2, 0.25) is 0 Å². The molecule has 0 fully saturated rings. The van der Waals surface area contributed by atoms with Crippen molar-refractivity contribution in [1.82, 2.24) is 25.2 Å². The maximum Gasteiger partial charge on any atom is 0.156 e. The number of nitrogens with zero attached hydrogens (tertiary/aromatic N) is 5. The van der Waals surface area contributed by atoms with E-state index in [0.29, 0.717) is 11.3 Å². The lowest BCUT2D eigenvalue weighted by atomic mass is 9.99. The largest absolute Gasteiger partial charge is 0.238 e. The lowest BCUT2D eigenvalue weighted by Crippen LogP contribution is -2.06. The van der Waals surface area contributed by atoms with Crippen molar-refractivity contribution in [2.45, 2.75) is 0 Å². The van der Waals surface area contributed by atoms with E-state index in [1.54, 1.807) is 18.3 Å². The van der Waals surface area contributed by atoms with Crippen LogP contribution < -0.4 is 5.46 Å². The van der Waals surface area contributed by atoms with Gasteiger partial charge in [-0.25, -0.2) is 4.98 Å². The second kappa shape index (κ2) is 2.73. The zero-order valence-electron chi connectivity index (χ0n) is 6.12. The molecule has 2 aromatic rings. The predicted molar refractivity (Wildman–Crippen MR) is 42.3 cm³/mol. The Morgan fingerprint density at radius 2 is 2.25 bits per heavy atom. The van der Waals surface area contributed by atoms with Gasteiger partial charge in [0, 0.05) is 6.20 Å². The third-order valence-corrected chi connectivity index (χ3v) is 1.35. The van der Waals surface area contributed by atoms with Crippen LogP contribution in [0.5, 0.6) is 0 Å². The summed E-state index contributed by atoms with van der Waals surface area (Å²) >= 11 is 0. The highest BCUT2D eigenvalue weighted by Gasteiger charge is 1.96. The predicted octanol–water partition coefficient (Wildman–Crippen LogP) is -1.15. The summed E-state index contributed by atoms with van der Waals surface area (Å²) in [5.41, 5.74) is 0.617. The fourth-order valence-corrected chi connectivity index (χ4v) is 0.799. The normalized spacial score (nSPS) is 10.0. The second-order valence-corrected chi connectivity index (χ2v) is 2.20. The molecular weight excluding hydrogens is 153 g/mol. The van der Waals surface area contributed by atoms with Crippen molar-refractivity contribution in [2.24, 2.45) is 0 Å². The average Bonchev–Trinajstić information content (AvgIpc) is 2.58. The number of hydrogen-bond acceptors (Lipinski definition) is 4. The molecule has 0 aliphatic carbocycles. The molecule has 12 heavy (non-hydrogen) atoms. The smallest absolute Gasteiger partial charge is 0.156 e. The zero-order chi connectivity index (χ0) is 8.39. The summed E-state index contributed by atoms with van der Waals surface area (Å²) in [4.78, 5) is 4.02. The average molecular weight is 157 g/mol. The maximum atomic E-state index is 5.46. The molecule has 2 heterocycles. The molecule has 6 heteroatoms. The molecule has 0 atom stereocenters. The molecule has 0 saturated heterocycles. The number of hydrogen-bond donors (Lipinski definition) is 0. The van der Waals surface area contributed by atoms with E-state index in [0.717, 1.165) is 0 Å². The Morgan fingerprint density at radius 3 is 2.83 bits per heavy atom. The van der Waals surface area contributed by atoms with Crippen LogP contribution in [0.25, 0.3) is 5.82 Å². The fourth-order valence-electron chi connectivity index (χ4n) is 0.799. The summed E-state index contributed by atoms with van der Waals surface area (Å²) in [5.74, 6) is 0.647. The van der Waals surface area contributed by atoms with Gasteiger partial charge in [0.1, 0.15) is 14.2 Å². The molecule has 5 nitrogen and oxygen atoms in total. The van der Waals surface area contributed by atoms with Crippen LogP contribution in [0.2, 0.25) is 0 Å². The Hall–Kier alpha value is -1.72. The molecule has 2 rings (SSSR count). The van der Waals surface area contributed by atoms with E-state index in [1.165, 1.54) is 11.0 Å². The Labute approximate surface area is 69.8 Å². The molecule has 0 saturated carbocycles. The highest BCUT2D eigenvalue weighted by molar-refractivity contribution is 6.32. The van der Waals surface area contributed by atoms with Crippen LogP contribution in [0.15, 0.2) is 24.7 Å². The molecule has 0 aliphatic rings. The third-order valence-electron chi connectivity index (χ3n) is 1.35. The van der Waals surface area contributed by atoms with Crippen molar-refractivity contribution in [3.63, 3.8) is 0 Å². The third kappa shape index (κ3) is 1.18. The van der Waals surface area contributed by atoms with Crippen molar-refractivity contribution in [1.29, 1.82) is 0 Å². The van der Waals surface area contributed by atoms with Gasteiger partial charge >= 0.3 is 0 Å². The lowest BCUT2D eigenvalue weighted by molar-refractivity contribution is 0.771. The highest BCUT2D eigenvalue weighted by Crippen LogP contribution is 1.95. The first-order valence-electron chi connectivity index (χ1n) is 3.31. The van der Waals surface area contributed by atoms with Crippen LogP contribution in [0, 0.1) is 0 Å². The second-order valence-electron chi connectivity index (χ2n) is 2.20. The van der Waals surface area contributed by atoms with Crippen molar-refractivity contribution in [3.05, 3.63) is 24.7 Å². The van der Waals surface area contributed by atoms with Gasteiger partial charge in [-0.05, 0) is 16.5 Å².